The molecular formula is C14H32N2. The minimum atomic E-state index is 0.816. The van der Waals surface area contributed by atoms with Crippen molar-refractivity contribution in [3.05, 3.63) is 24.8 Å². The Kier molecular flexibility index (Phi) is 31.0. The Bertz CT molecular complexity index is 123. The maximum atomic E-state index is 5.36. The molecule has 0 atom stereocenters. The molecule has 0 fully saturated rings. The summed E-state index contributed by atoms with van der Waals surface area (Å²) in [6.07, 6.45) is 6.88. The number of rotatable bonds is 5. The topological polar surface area (TPSA) is 29.3 Å². The van der Waals surface area contributed by atoms with Gasteiger partial charge in [0.15, 0.2) is 0 Å². The molecule has 0 radical (unpaired) electrons. The fourth-order valence-corrected chi connectivity index (χ4v) is 0.855. The van der Waals surface area contributed by atoms with Gasteiger partial charge in [-0.15, -0.1) is 6.58 Å². The quantitative estimate of drug-likeness (QED) is 0.730. The molecule has 0 saturated heterocycles. The number of allylic oxidation sites excluding steroid dienone is 3. The zero-order chi connectivity index (χ0) is 13.2. The summed E-state index contributed by atoms with van der Waals surface area (Å²) in [7, 11) is 0. The van der Waals surface area contributed by atoms with Gasteiger partial charge < -0.3 is 10.6 Å². The first kappa shape index (κ1) is 20.8. The molecular weight excluding hydrogens is 196 g/mol. The predicted molar refractivity (Wildman–Crippen MR) is 77.8 cm³/mol. The van der Waals surface area contributed by atoms with Gasteiger partial charge in [0.05, 0.1) is 0 Å². The Balaban J connectivity index is -0.000000201. The van der Waals surface area contributed by atoms with Crippen LogP contribution in [0.1, 0.15) is 41.0 Å². The standard InChI is InChI=1S/C7H18N2.C4H8.C3H6/c1-3-9(4-2)7-5-6-8;1-3-4-2;1-3-2/h3-8H2,1-2H3;3-4H,1-2H3;3H,1H2,2H3/b;4-3+;. The molecule has 0 aromatic heterocycles. The predicted octanol–water partition coefficient (Wildman–Crippen LogP) is 3.45. The molecule has 0 rings (SSSR count). The summed E-state index contributed by atoms with van der Waals surface area (Å²) in [5, 5.41) is 0. The number of hydrogen-bond donors (Lipinski definition) is 1. The summed E-state index contributed by atoms with van der Waals surface area (Å²) >= 11 is 0. The summed E-state index contributed by atoms with van der Waals surface area (Å²) < 4.78 is 0. The van der Waals surface area contributed by atoms with E-state index >= 15 is 0 Å². The van der Waals surface area contributed by atoms with Crippen molar-refractivity contribution in [3.63, 3.8) is 0 Å². The van der Waals surface area contributed by atoms with Crippen LogP contribution >= 0.6 is 0 Å². The molecule has 2 heteroatoms. The van der Waals surface area contributed by atoms with Gasteiger partial charge in [0.2, 0.25) is 0 Å². The van der Waals surface area contributed by atoms with Gasteiger partial charge in [-0.2, -0.15) is 0 Å². The maximum absolute atomic E-state index is 5.36. The van der Waals surface area contributed by atoms with Crippen molar-refractivity contribution < 1.29 is 0 Å². The molecule has 0 aromatic rings. The molecule has 0 amide bonds. The zero-order valence-electron chi connectivity index (χ0n) is 12.0. The smallest absolute Gasteiger partial charge is 0.000695 e. The number of nitrogens with zero attached hydrogens (tertiary/aromatic N) is 1. The second-order valence-corrected chi connectivity index (χ2v) is 3.24. The van der Waals surface area contributed by atoms with Crippen LogP contribution in [0.2, 0.25) is 0 Å². The van der Waals surface area contributed by atoms with Gasteiger partial charge >= 0.3 is 0 Å². The SMILES string of the molecule is C/C=C/C.C=CC.CCN(CC)CCCN. The summed E-state index contributed by atoms with van der Waals surface area (Å²) in [6, 6.07) is 0. The first-order chi connectivity index (χ1) is 7.67. The van der Waals surface area contributed by atoms with Crippen LogP contribution < -0.4 is 5.73 Å². The Morgan fingerprint density at radius 2 is 1.44 bits per heavy atom. The van der Waals surface area contributed by atoms with E-state index in [0.717, 1.165) is 32.6 Å². The second-order valence-electron chi connectivity index (χ2n) is 3.24. The molecule has 0 aromatic carbocycles. The van der Waals surface area contributed by atoms with E-state index < -0.39 is 0 Å². The van der Waals surface area contributed by atoms with Gasteiger partial charge in [0.25, 0.3) is 0 Å². The van der Waals surface area contributed by atoms with Crippen LogP contribution in [0.15, 0.2) is 24.8 Å². The van der Waals surface area contributed by atoms with Gasteiger partial charge in [0.1, 0.15) is 0 Å². The lowest BCUT2D eigenvalue weighted by atomic mass is 10.4. The molecule has 0 aliphatic rings. The monoisotopic (exact) mass is 228 g/mol. The van der Waals surface area contributed by atoms with Crippen LogP contribution in [0.25, 0.3) is 0 Å². The molecule has 0 bridgehead atoms. The first-order valence-electron chi connectivity index (χ1n) is 6.24. The Hall–Kier alpha value is -0.600. The molecule has 0 spiro atoms. The van der Waals surface area contributed by atoms with Crippen molar-refractivity contribution in [2.45, 2.75) is 41.0 Å². The van der Waals surface area contributed by atoms with E-state index in [1.54, 1.807) is 6.08 Å². The van der Waals surface area contributed by atoms with E-state index in [1.807, 2.05) is 32.9 Å². The van der Waals surface area contributed by atoms with Crippen molar-refractivity contribution in [1.82, 2.24) is 4.90 Å². The van der Waals surface area contributed by atoms with Crippen molar-refractivity contribution >= 4 is 0 Å². The van der Waals surface area contributed by atoms with E-state index in [1.165, 1.54) is 0 Å². The third-order valence-electron chi connectivity index (χ3n) is 1.91. The largest absolute Gasteiger partial charge is 0.330 e. The molecule has 16 heavy (non-hydrogen) atoms. The van der Waals surface area contributed by atoms with Crippen molar-refractivity contribution in [2.75, 3.05) is 26.2 Å². The molecule has 0 saturated carbocycles. The molecule has 0 aliphatic carbocycles. The fourth-order valence-electron chi connectivity index (χ4n) is 0.855. The fraction of sp³-hybridized carbons (Fsp3) is 0.714. The van der Waals surface area contributed by atoms with E-state index in [9.17, 15) is 0 Å². The van der Waals surface area contributed by atoms with E-state index in [0.29, 0.717) is 0 Å². The highest BCUT2D eigenvalue weighted by atomic mass is 15.1. The van der Waals surface area contributed by atoms with Crippen LogP contribution in [0, 0.1) is 0 Å². The lowest BCUT2D eigenvalue weighted by Crippen LogP contribution is -2.25. The summed E-state index contributed by atoms with van der Waals surface area (Å²) in [4.78, 5) is 2.38. The molecule has 0 aliphatic heterocycles. The summed E-state index contributed by atoms with van der Waals surface area (Å²) in [6.45, 7) is 17.9. The third-order valence-corrected chi connectivity index (χ3v) is 1.91. The lowest BCUT2D eigenvalue weighted by molar-refractivity contribution is 0.302. The number of nitrogens with two attached hydrogens (primary N) is 1. The Morgan fingerprint density at radius 3 is 1.62 bits per heavy atom. The van der Waals surface area contributed by atoms with Crippen LogP contribution in [-0.2, 0) is 0 Å². The minimum Gasteiger partial charge on any atom is -0.330 e. The molecule has 98 valence electrons. The van der Waals surface area contributed by atoms with Crippen LogP contribution in [0.3, 0.4) is 0 Å². The zero-order valence-corrected chi connectivity index (χ0v) is 12.0. The first-order valence-corrected chi connectivity index (χ1v) is 6.24. The Labute approximate surface area is 103 Å². The highest BCUT2D eigenvalue weighted by Gasteiger charge is 1.94. The normalized spacial score (nSPS) is 9.19. The number of hydrogen-bond acceptors (Lipinski definition) is 2. The van der Waals surface area contributed by atoms with Gasteiger partial charge in [-0.05, 0) is 53.4 Å². The molecule has 0 heterocycles. The Morgan fingerprint density at radius 1 is 1.06 bits per heavy atom. The van der Waals surface area contributed by atoms with Gasteiger partial charge in [-0.25, -0.2) is 0 Å². The van der Waals surface area contributed by atoms with E-state index in [4.69, 9.17) is 5.73 Å². The van der Waals surface area contributed by atoms with Crippen molar-refractivity contribution in [2.24, 2.45) is 5.73 Å². The molecule has 2 nitrogen and oxygen atoms in total. The third kappa shape index (κ3) is 29.2. The van der Waals surface area contributed by atoms with Gasteiger partial charge in [-0.3, -0.25) is 0 Å². The van der Waals surface area contributed by atoms with Gasteiger partial charge in [-0.1, -0.05) is 32.1 Å². The highest BCUT2D eigenvalue weighted by molar-refractivity contribution is 4.68. The minimum absolute atomic E-state index is 0.816. The summed E-state index contributed by atoms with van der Waals surface area (Å²) in [5.41, 5.74) is 5.36. The maximum Gasteiger partial charge on any atom is -0.000695 e. The second kappa shape index (κ2) is 23.9. The van der Waals surface area contributed by atoms with Crippen LogP contribution in [-0.4, -0.2) is 31.1 Å². The van der Waals surface area contributed by atoms with Crippen LogP contribution in [0.5, 0.6) is 0 Å². The summed E-state index contributed by atoms with van der Waals surface area (Å²) in [5.74, 6) is 0. The molecule has 2 N–H and O–H groups in total. The van der Waals surface area contributed by atoms with E-state index in [2.05, 4.69) is 25.3 Å². The van der Waals surface area contributed by atoms with Gasteiger partial charge in [0, 0.05) is 0 Å². The van der Waals surface area contributed by atoms with Crippen molar-refractivity contribution in [1.29, 1.82) is 0 Å². The van der Waals surface area contributed by atoms with Crippen LogP contribution in [0.4, 0.5) is 0 Å². The van der Waals surface area contributed by atoms with Crippen molar-refractivity contribution in [3.8, 4) is 0 Å². The average Bonchev–Trinajstić information content (AvgIpc) is 2.32. The molecule has 0 unspecified atom stereocenters. The average molecular weight is 228 g/mol. The van der Waals surface area contributed by atoms with E-state index in [-0.39, 0.29) is 0 Å². The lowest BCUT2D eigenvalue weighted by Gasteiger charge is -2.16. The highest BCUT2D eigenvalue weighted by Crippen LogP contribution is 1.87.